The van der Waals surface area contributed by atoms with E-state index in [2.05, 4.69) is 9.71 Å². The fourth-order valence-corrected chi connectivity index (χ4v) is 3.76. The van der Waals surface area contributed by atoms with Gasteiger partial charge in [0.1, 0.15) is 5.58 Å². The number of fused-ring (bicyclic) bond motifs is 2. The molecular formula is C17H10Cl2N2O2S. The zero-order chi connectivity index (χ0) is 16.7. The van der Waals surface area contributed by atoms with Crippen LogP contribution in [0.4, 0.5) is 5.69 Å². The number of rotatable bonds is 3. The Kier molecular flexibility index (Phi) is 3.92. The van der Waals surface area contributed by atoms with Gasteiger partial charge in [-0.1, -0.05) is 23.2 Å². The van der Waals surface area contributed by atoms with Gasteiger partial charge in [-0.15, -0.1) is 0 Å². The molecule has 4 nitrogen and oxygen atoms in total. The van der Waals surface area contributed by atoms with E-state index in [0.717, 1.165) is 26.9 Å². The lowest BCUT2D eigenvalue weighted by atomic mass is 10.2. The predicted molar refractivity (Wildman–Crippen MR) is 100 cm³/mol. The zero-order valence-electron chi connectivity index (χ0n) is 12.1. The molecule has 0 saturated heterocycles. The Labute approximate surface area is 150 Å². The summed E-state index contributed by atoms with van der Waals surface area (Å²) in [5.41, 5.74) is 1.95. The van der Waals surface area contributed by atoms with Gasteiger partial charge in [-0.05, 0) is 48.3 Å². The van der Waals surface area contributed by atoms with Crippen LogP contribution >= 0.6 is 35.1 Å². The van der Waals surface area contributed by atoms with Crippen LogP contribution in [0.3, 0.4) is 0 Å². The number of halogens is 2. The van der Waals surface area contributed by atoms with E-state index in [9.17, 15) is 4.79 Å². The lowest BCUT2D eigenvalue weighted by Crippen LogP contribution is -1.94. The molecule has 0 saturated carbocycles. The largest absolute Gasteiger partial charge is 0.423 e. The van der Waals surface area contributed by atoms with Crippen molar-refractivity contribution in [1.29, 1.82) is 0 Å². The number of benzene rings is 2. The maximum atomic E-state index is 11.2. The number of anilines is 1. The molecule has 2 heterocycles. The summed E-state index contributed by atoms with van der Waals surface area (Å²) in [6.07, 6.45) is 1.71. The highest BCUT2D eigenvalue weighted by atomic mass is 35.5. The van der Waals surface area contributed by atoms with Gasteiger partial charge in [0.2, 0.25) is 0 Å². The molecule has 0 bridgehead atoms. The number of aromatic amines is 1. The van der Waals surface area contributed by atoms with Gasteiger partial charge in [-0.2, -0.15) is 0 Å². The Balaban J connectivity index is 1.64. The third kappa shape index (κ3) is 2.75. The fourth-order valence-electron chi connectivity index (χ4n) is 2.48. The van der Waals surface area contributed by atoms with E-state index in [4.69, 9.17) is 27.6 Å². The summed E-state index contributed by atoms with van der Waals surface area (Å²) in [6.45, 7) is 0. The Hall–Kier alpha value is -2.08. The summed E-state index contributed by atoms with van der Waals surface area (Å²) in [7, 11) is 0. The molecule has 0 aliphatic heterocycles. The fraction of sp³-hybridized carbons (Fsp3) is 0. The molecule has 0 atom stereocenters. The number of aromatic nitrogens is 1. The summed E-state index contributed by atoms with van der Waals surface area (Å²) in [5.74, 6) is 0. The molecule has 120 valence electrons. The molecule has 7 heteroatoms. The first-order chi connectivity index (χ1) is 11.6. The monoisotopic (exact) mass is 376 g/mol. The summed E-state index contributed by atoms with van der Waals surface area (Å²) in [6, 6.07) is 12.5. The highest BCUT2D eigenvalue weighted by Crippen LogP contribution is 2.36. The van der Waals surface area contributed by atoms with Gasteiger partial charge in [0.25, 0.3) is 0 Å². The van der Waals surface area contributed by atoms with Crippen LogP contribution in [0.5, 0.6) is 0 Å². The van der Waals surface area contributed by atoms with Crippen molar-refractivity contribution < 1.29 is 4.42 Å². The Morgan fingerprint density at radius 1 is 1.04 bits per heavy atom. The number of hydrogen-bond donors (Lipinski definition) is 2. The van der Waals surface area contributed by atoms with E-state index >= 15 is 0 Å². The predicted octanol–water partition coefficient (Wildman–Crippen LogP) is 5.70. The first-order valence-electron chi connectivity index (χ1n) is 7.04. The van der Waals surface area contributed by atoms with Crippen molar-refractivity contribution in [3.63, 3.8) is 0 Å². The van der Waals surface area contributed by atoms with Crippen molar-refractivity contribution in [3.8, 4) is 0 Å². The number of nitrogens with one attached hydrogen (secondary N) is 2. The minimum atomic E-state index is -0.354. The third-order valence-corrected chi connectivity index (χ3v) is 5.03. The van der Waals surface area contributed by atoms with Crippen LogP contribution in [0.2, 0.25) is 10.0 Å². The van der Waals surface area contributed by atoms with Gasteiger partial charge >= 0.3 is 5.63 Å². The molecule has 2 aromatic carbocycles. The molecule has 0 radical (unpaired) electrons. The molecule has 24 heavy (non-hydrogen) atoms. The topological polar surface area (TPSA) is 58.0 Å². The van der Waals surface area contributed by atoms with E-state index < -0.39 is 0 Å². The van der Waals surface area contributed by atoms with E-state index in [1.54, 1.807) is 18.3 Å². The van der Waals surface area contributed by atoms with Gasteiger partial charge < -0.3 is 14.1 Å². The maximum absolute atomic E-state index is 11.2. The van der Waals surface area contributed by atoms with Gasteiger partial charge in [-0.3, -0.25) is 0 Å². The average Bonchev–Trinajstić information content (AvgIpc) is 2.97. The van der Waals surface area contributed by atoms with Crippen molar-refractivity contribution in [1.82, 2.24) is 4.98 Å². The van der Waals surface area contributed by atoms with Crippen molar-refractivity contribution in [2.24, 2.45) is 0 Å². The van der Waals surface area contributed by atoms with Crippen LogP contribution < -0.4 is 10.3 Å². The molecule has 0 aliphatic carbocycles. The highest BCUT2D eigenvalue weighted by Gasteiger charge is 2.10. The molecule has 0 aliphatic rings. The van der Waals surface area contributed by atoms with E-state index in [1.807, 2.05) is 24.3 Å². The summed E-state index contributed by atoms with van der Waals surface area (Å²) < 4.78 is 8.43. The van der Waals surface area contributed by atoms with Gasteiger partial charge in [0.05, 0.1) is 21.2 Å². The van der Waals surface area contributed by atoms with Crippen LogP contribution in [0.25, 0.3) is 21.9 Å². The Morgan fingerprint density at radius 2 is 1.92 bits per heavy atom. The first-order valence-corrected chi connectivity index (χ1v) is 8.61. The molecule has 4 rings (SSSR count). The molecule has 0 unspecified atom stereocenters. The minimum absolute atomic E-state index is 0.354. The summed E-state index contributed by atoms with van der Waals surface area (Å²) in [5, 5.41) is 2.85. The second-order valence-corrected chi connectivity index (χ2v) is 6.83. The van der Waals surface area contributed by atoms with Crippen molar-refractivity contribution in [3.05, 3.63) is 69.1 Å². The quantitative estimate of drug-likeness (QED) is 0.355. The van der Waals surface area contributed by atoms with Crippen LogP contribution in [0.15, 0.2) is 62.8 Å². The number of hydrogen-bond acceptors (Lipinski definition) is 4. The first kappa shape index (κ1) is 15.4. The molecule has 0 spiro atoms. The van der Waals surface area contributed by atoms with Crippen LogP contribution in [0.1, 0.15) is 0 Å². The lowest BCUT2D eigenvalue weighted by Gasteiger charge is -2.08. The Bertz CT molecular complexity index is 1120. The van der Waals surface area contributed by atoms with Crippen LogP contribution in [-0.4, -0.2) is 4.98 Å². The third-order valence-electron chi connectivity index (χ3n) is 3.61. The summed E-state index contributed by atoms with van der Waals surface area (Å²) in [4.78, 5) is 15.3. The van der Waals surface area contributed by atoms with Crippen molar-refractivity contribution in [2.45, 2.75) is 4.90 Å². The van der Waals surface area contributed by atoms with E-state index in [1.165, 1.54) is 18.0 Å². The highest BCUT2D eigenvalue weighted by molar-refractivity contribution is 8.00. The molecule has 4 aromatic rings. The smallest absolute Gasteiger partial charge is 0.336 e. The maximum Gasteiger partial charge on any atom is 0.336 e. The zero-order valence-corrected chi connectivity index (χ0v) is 14.4. The van der Waals surface area contributed by atoms with Gasteiger partial charge in [0, 0.05) is 27.9 Å². The summed E-state index contributed by atoms with van der Waals surface area (Å²) >= 11 is 13.8. The molecular weight excluding hydrogens is 367 g/mol. The van der Waals surface area contributed by atoms with Crippen LogP contribution in [-0.2, 0) is 0 Å². The standard InChI is InChI=1S/C17H10Cl2N2O2S/c18-11-3-4-13(17-16(11)12(19)8-20-17)21-24-10-2-5-14-9(7-10)1-6-15(22)23-14/h1-8,20-21H. The lowest BCUT2D eigenvalue weighted by molar-refractivity contribution is 0.561. The molecule has 2 aromatic heterocycles. The number of H-pyrrole nitrogens is 1. The molecule has 0 amide bonds. The Morgan fingerprint density at radius 3 is 2.79 bits per heavy atom. The molecule has 0 fully saturated rings. The SMILES string of the molecule is O=c1ccc2cc(SNc3ccc(Cl)c4c(Cl)c[nH]c34)ccc2o1. The normalized spacial score (nSPS) is 11.2. The van der Waals surface area contributed by atoms with Crippen molar-refractivity contribution >= 4 is 62.7 Å². The minimum Gasteiger partial charge on any atom is -0.423 e. The second kappa shape index (κ2) is 6.09. The van der Waals surface area contributed by atoms with E-state index in [0.29, 0.717) is 15.6 Å². The van der Waals surface area contributed by atoms with Gasteiger partial charge in [-0.25, -0.2) is 4.79 Å². The molecule has 2 N–H and O–H groups in total. The van der Waals surface area contributed by atoms with Crippen molar-refractivity contribution in [2.75, 3.05) is 4.72 Å². The van der Waals surface area contributed by atoms with E-state index in [-0.39, 0.29) is 5.63 Å². The van der Waals surface area contributed by atoms with Gasteiger partial charge in [0.15, 0.2) is 0 Å². The van der Waals surface area contributed by atoms with Crippen LogP contribution in [0, 0.1) is 0 Å². The second-order valence-electron chi connectivity index (χ2n) is 5.14. The average molecular weight is 377 g/mol.